The van der Waals surface area contributed by atoms with Crippen molar-refractivity contribution in [3.8, 4) is 0 Å². The number of nitrogens with zero attached hydrogens (tertiary/aromatic N) is 1. The molecule has 0 spiro atoms. The van der Waals surface area contributed by atoms with Crippen molar-refractivity contribution < 1.29 is 12.6 Å². The smallest absolute Gasteiger partial charge is 0.338 e. The van der Waals surface area contributed by atoms with Gasteiger partial charge in [-0.25, -0.2) is 0 Å². The first-order valence-electron chi connectivity index (χ1n) is 7.25. The van der Waals surface area contributed by atoms with E-state index in [1.807, 2.05) is 48.0 Å². The second-order valence-corrected chi connectivity index (χ2v) is 6.83. The zero-order valence-electron chi connectivity index (χ0n) is 12.7. The molecule has 0 aliphatic rings. The van der Waals surface area contributed by atoms with Crippen LogP contribution in [0.2, 0.25) is 0 Å². The van der Waals surface area contributed by atoms with Crippen molar-refractivity contribution in [3.05, 3.63) is 78.7 Å². The maximum atomic E-state index is 12.0. The number of hydrogen-bond donors (Lipinski definition) is 0. The number of para-hydroxylation sites is 1. The summed E-state index contributed by atoms with van der Waals surface area (Å²) in [6.45, 7) is 2.44. The largest absolute Gasteiger partial charge is 0.387 e. The highest BCUT2D eigenvalue weighted by Gasteiger charge is 2.13. The molecule has 0 saturated heterocycles. The van der Waals surface area contributed by atoms with E-state index in [4.69, 9.17) is 4.18 Å². The fraction of sp³-hybridized carbons (Fsp3) is 0.111. The molecule has 0 radical (unpaired) electrons. The monoisotopic (exact) mass is 327 g/mol. The third kappa shape index (κ3) is 3.46. The number of fused-ring (bicyclic) bond motifs is 1. The van der Waals surface area contributed by atoms with Crippen molar-refractivity contribution in [1.82, 2.24) is 4.57 Å². The second-order valence-electron chi connectivity index (χ2n) is 5.26. The number of aromatic nitrogens is 1. The van der Waals surface area contributed by atoms with E-state index in [2.05, 4.69) is 0 Å². The Hall–Kier alpha value is -2.53. The van der Waals surface area contributed by atoms with Crippen molar-refractivity contribution >= 4 is 21.0 Å². The molecular formula is C18H17NO3S. The Morgan fingerprint density at radius 3 is 2.57 bits per heavy atom. The zero-order chi connectivity index (χ0) is 16.3. The Labute approximate surface area is 135 Å². The van der Waals surface area contributed by atoms with Gasteiger partial charge in [0, 0.05) is 18.3 Å². The molecule has 23 heavy (non-hydrogen) atoms. The number of hydrogen-bond acceptors (Lipinski definition) is 3. The molecule has 4 nitrogen and oxygen atoms in total. The van der Waals surface area contributed by atoms with Crippen molar-refractivity contribution in [2.45, 2.75) is 18.4 Å². The third-order valence-electron chi connectivity index (χ3n) is 3.57. The average molecular weight is 327 g/mol. The number of aryl methyl sites for hydroxylation is 1. The van der Waals surface area contributed by atoms with Gasteiger partial charge in [-0.3, -0.25) is 0 Å². The molecule has 0 fully saturated rings. The minimum atomic E-state index is -3.76. The van der Waals surface area contributed by atoms with E-state index in [1.165, 1.54) is 18.4 Å². The summed E-state index contributed by atoms with van der Waals surface area (Å²) in [5.41, 5.74) is 2.09. The Morgan fingerprint density at radius 2 is 1.78 bits per heavy atom. The van der Waals surface area contributed by atoms with Crippen LogP contribution in [0.4, 0.5) is 0 Å². The van der Waals surface area contributed by atoms with Crippen molar-refractivity contribution in [2.75, 3.05) is 0 Å². The van der Waals surface area contributed by atoms with Gasteiger partial charge in [-0.1, -0.05) is 35.9 Å². The van der Waals surface area contributed by atoms with Gasteiger partial charge in [0.25, 0.3) is 0 Å². The summed E-state index contributed by atoms with van der Waals surface area (Å²) in [5, 5.41) is 1.15. The quantitative estimate of drug-likeness (QED) is 0.528. The molecule has 2 aromatic carbocycles. The van der Waals surface area contributed by atoms with Crippen molar-refractivity contribution in [2.24, 2.45) is 0 Å². The maximum Gasteiger partial charge on any atom is 0.338 e. The van der Waals surface area contributed by atoms with E-state index in [9.17, 15) is 8.42 Å². The van der Waals surface area contributed by atoms with Crippen LogP contribution in [-0.2, 0) is 20.8 Å². The summed E-state index contributed by atoms with van der Waals surface area (Å²) >= 11 is 0. The highest BCUT2D eigenvalue weighted by Crippen LogP contribution is 2.16. The molecule has 0 atom stereocenters. The van der Waals surface area contributed by atoms with Gasteiger partial charge in [0.05, 0.1) is 0 Å². The fourth-order valence-corrected chi connectivity index (χ4v) is 3.13. The lowest BCUT2D eigenvalue weighted by molar-refractivity contribution is 0.441. The van der Waals surface area contributed by atoms with E-state index in [0.29, 0.717) is 6.54 Å². The van der Waals surface area contributed by atoms with Crippen LogP contribution in [0.5, 0.6) is 0 Å². The Kier molecular flexibility index (Phi) is 4.21. The first-order valence-corrected chi connectivity index (χ1v) is 8.66. The molecule has 0 saturated carbocycles. The fourth-order valence-electron chi connectivity index (χ4n) is 2.33. The van der Waals surface area contributed by atoms with Crippen LogP contribution in [0.1, 0.15) is 5.56 Å². The lowest BCUT2D eigenvalue weighted by atomic mass is 10.2. The van der Waals surface area contributed by atoms with Crippen LogP contribution in [0.15, 0.2) is 78.0 Å². The standard InChI is InChI=1S/C18H17NO3S/c1-15-7-9-17(10-8-15)23(20,21)22-14-4-12-19-13-11-16-5-2-3-6-18(16)19/h2-11,13-14H,12H2,1H3. The first-order chi connectivity index (χ1) is 11.1. The van der Waals surface area contributed by atoms with Crippen LogP contribution < -0.4 is 0 Å². The van der Waals surface area contributed by atoms with Crippen LogP contribution in [-0.4, -0.2) is 13.0 Å². The van der Waals surface area contributed by atoms with Gasteiger partial charge in [-0.05, 0) is 42.7 Å². The number of rotatable bonds is 5. The molecule has 0 bridgehead atoms. The van der Waals surface area contributed by atoms with Crippen LogP contribution in [0.3, 0.4) is 0 Å². The Morgan fingerprint density at radius 1 is 1.04 bits per heavy atom. The molecule has 3 rings (SSSR count). The molecule has 0 aliphatic heterocycles. The molecule has 0 aliphatic carbocycles. The molecule has 0 amide bonds. The lowest BCUT2D eigenvalue weighted by Crippen LogP contribution is -2.02. The highest BCUT2D eigenvalue weighted by molar-refractivity contribution is 7.86. The predicted molar refractivity (Wildman–Crippen MR) is 90.5 cm³/mol. The second kappa shape index (κ2) is 6.30. The van der Waals surface area contributed by atoms with Gasteiger partial charge >= 0.3 is 10.1 Å². The van der Waals surface area contributed by atoms with Crippen molar-refractivity contribution in [3.63, 3.8) is 0 Å². The molecule has 3 aromatic rings. The minimum Gasteiger partial charge on any atom is -0.387 e. The van der Waals surface area contributed by atoms with Gasteiger partial charge in [0.2, 0.25) is 0 Å². The summed E-state index contributed by atoms with van der Waals surface area (Å²) in [7, 11) is -3.76. The summed E-state index contributed by atoms with van der Waals surface area (Å²) < 4.78 is 31.0. The molecule has 0 unspecified atom stereocenters. The van der Waals surface area contributed by atoms with Gasteiger partial charge in [-0.2, -0.15) is 8.42 Å². The predicted octanol–water partition coefficient (Wildman–Crippen LogP) is 3.87. The normalized spacial score (nSPS) is 12.0. The van der Waals surface area contributed by atoms with Crippen LogP contribution in [0, 0.1) is 6.92 Å². The maximum absolute atomic E-state index is 12.0. The number of allylic oxidation sites excluding steroid dienone is 1. The van der Waals surface area contributed by atoms with E-state index in [0.717, 1.165) is 16.5 Å². The Balaban J connectivity index is 1.68. The molecule has 0 N–H and O–H groups in total. The molecule has 1 heterocycles. The van der Waals surface area contributed by atoms with E-state index >= 15 is 0 Å². The molecule has 5 heteroatoms. The molecule has 118 valence electrons. The minimum absolute atomic E-state index is 0.152. The van der Waals surface area contributed by atoms with Gasteiger partial charge in [-0.15, -0.1) is 0 Å². The molecule has 1 aromatic heterocycles. The Bertz CT molecular complexity index is 938. The summed E-state index contributed by atoms with van der Waals surface area (Å²) in [6, 6.07) is 16.6. The van der Waals surface area contributed by atoms with Crippen LogP contribution in [0.25, 0.3) is 10.9 Å². The van der Waals surface area contributed by atoms with E-state index < -0.39 is 10.1 Å². The summed E-state index contributed by atoms with van der Waals surface area (Å²) in [4.78, 5) is 0.152. The zero-order valence-corrected chi connectivity index (χ0v) is 13.5. The lowest BCUT2D eigenvalue weighted by Gasteiger charge is -2.04. The topological polar surface area (TPSA) is 48.3 Å². The first kappa shape index (κ1) is 15.4. The summed E-state index contributed by atoms with van der Waals surface area (Å²) in [6.07, 6.45) is 4.87. The third-order valence-corrected chi connectivity index (χ3v) is 4.78. The van der Waals surface area contributed by atoms with Gasteiger partial charge < -0.3 is 8.75 Å². The van der Waals surface area contributed by atoms with Crippen molar-refractivity contribution in [1.29, 1.82) is 0 Å². The SMILES string of the molecule is Cc1ccc(S(=O)(=O)OC=CCn2ccc3ccccc32)cc1. The summed E-state index contributed by atoms with van der Waals surface area (Å²) in [5.74, 6) is 0. The number of benzene rings is 2. The van der Waals surface area contributed by atoms with Gasteiger partial charge in [0.15, 0.2) is 0 Å². The molecular weight excluding hydrogens is 310 g/mol. The average Bonchev–Trinajstić information content (AvgIpc) is 2.95. The van der Waals surface area contributed by atoms with E-state index in [-0.39, 0.29) is 4.90 Å². The van der Waals surface area contributed by atoms with E-state index in [1.54, 1.807) is 18.2 Å². The van der Waals surface area contributed by atoms with Crippen LogP contribution >= 0.6 is 0 Å². The van der Waals surface area contributed by atoms with Gasteiger partial charge in [0.1, 0.15) is 11.2 Å². The highest BCUT2D eigenvalue weighted by atomic mass is 32.2.